The minimum atomic E-state index is -3.27. The third-order valence-corrected chi connectivity index (χ3v) is 7.45. The second kappa shape index (κ2) is 6.73. The second-order valence-corrected chi connectivity index (χ2v) is 8.15. The molecule has 0 unspecified atom stereocenters. The quantitative estimate of drug-likeness (QED) is 0.835. The maximum absolute atomic E-state index is 13.0. The third kappa shape index (κ3) is 3.03. The molecular weight excluding hydrogens is 276 g/mol. The topological polar surface area (TPSA) is 72.6 Å². The van der Waals surface area contributed by atoms with Crippen LogP contribution in [-0.2, 0) is 14.8 Å². The smallest absolute Gasteiger partial charge is 0.217 e. The van der Waals surface area contributed by atoms with Crippen molar-refractivity contribution in [3.63, 3.8) is 0 Å². The van der Waals surface area contributed by atoms with Crippen LogP contribution in [0.1, 0.15) is 51.9 Å². The monoisotopic (exact) mass is 304 g/mol. The van der Waals surface area contributed by atoms with E-state index in [2.05, 4.69) is 0 Å². The van der Waals surface area contributed by atoms with Crippen molar-refractivity contribution >= 4 is 10.0 Å². The van der Waals surface area contributed by atoms with Crippen LogP contribution in [0.4, 0.5) is 0 Å². The highest BCUT2D eigenvalue weighted by atomic mass is 32.2. The van der Waals surface area contributed by atoms with Crippen molar-refractivity contribution < 1.29 is 13.2 Å². The lowest BCUT2D eigenvalue weighted by molar-refractivity contribution is 0.0927. The summed E-state index contributed by atoms with van der Waals surface area (Å²) in [6.45, 7) is 4.00. The normalized spacial score (nSPS) is 24.9. The molecule has 0 aromatic heterocycles. The van der Waals surface area contributed by atoms with Gasteiger partial charge in [0.1, 0.15) is 0 Å². The number of ether oxygens (including phenoxy) is 1. The summed E-state index contributed by atoms with van der Waals surface area (Å²) in [5.41, 5.74) is 5.67. The number of nitrogens with two attached hydrogens (primary N) is 1. The molecule has 1 saturated heterocycles. The molecule has 0 bridgehead atoms. The van der Waals surface area contributed by atoms with Gasteiger partial charge in [0.05, 0.1) is 5.25 Å². The van der Waals surface area contributed by atoms with Crippen LogP contribution >= 0.6 is 0 Å². The Morgan fingerprint density at radius 1 is 1.20 bits per heavy atom. The molecule has 118 valence electrons. The summed E-state index contributed by atoms with van der Waals surface area (Å²) in [5, 5.41) is -0.290. The molecule has 0 aromatic rings. The average molecular weight is 304 g/mol. The van der Waals surface area contributed by atoms with Gasteiger partial charge in [-0.1, -0.05) is 26.2 Å². The molecule has 2 aliphatic rings. The summed E-state index contributed by atoms with van der Waals surface area (Å²) in [6, 6.07) is 0. The molecule has 1 saturated carbocycles. The molecule has 0 radical (unpaired) electrons. The fourth-order valence-electron chi connectivity index (χ4n) is 3.70. The van der Waals surface area contributed by atoms with Crippen LogP contribution in [0.5, 0.6) is 0 Å². The first-order chi connectivity index (χ1) is 9.57. The Kier molecular flexibility index (Phi) is 5.45. The van der Waals surface area contributed by atoms with Crippen LogP contribution in [0.25, 0.3) is 0 Å². The molecule has 0 atom stereocenters. The molecule has 2 rings (SSSR count). The van der Waals surface area contributed by atoms with Gasteiger partial charge in [-0.25, -0.2) is 8.42 Å². The highest BCUT2D eigenvalue weighted by Gasteiger charge is 2.45. The number of nitrogens with zero attached hydrogens (tertiary/aromatic N) is 1. The van der Waals surface area contributed by atoms with E-state index < -0.39 is 10.0 Å². The van der Waals surface area contributed by atoms with Gasteiger partial charge in [-0.2, -0.15) is 4.31 Å². The van der Waals surface area contributed by atoms with E-state index in [0.29, 0.717) is 39.1 Å². The lowest BCUT2D eigenvalue weighted by atomic mass is 9.81. The lowest BCUT2D eigenvalue weighted by Gasteiger charge is -2.46. The van der Waals surface area contributed by atoms with E-state index in [9.17, 15) is 8.42 Å². The van der Waals surface area contributed by atoms with Crippen molar-refractivity contribution in [1.29, 1.82) is 0 Å². The van der Waals surface area contributed by atoms with Crippen molar-refractivity contribution in [2.75, 3.05) is 26.3 Å². The summed E-state index contributed by atoms with van der Waals surface area (Å²) in [6.07, 6.45) is 6.38. The summed E-state index contributed by atoms with van der Waals surface area (Å²) in [4.78, 5) is 0. The SMILES string of the molecule is CCN(C1(CN)CCCCC1)S(=O)(=O)C1CCOCC1. The molecule has 1 aliphatic carbocycles. The molecule has 6 heteroatoms. The van der Waals surface area contributed by atoms with E-state index in [-0.39, 0.29) is 10.8 Å². The number of hydrogen-bond donors (Lipinski definition) is 1. The Balaban J connectivity index is 2.24. The zero-order chi connectivity index (χ0) is 14.6. The van der Waals surface area contributed by atoms with Crippen LogP contribution in [0, 0.1) is 0 Å². The number of sulfonamides is 1. The number of hydrogen-bond acceptors (Lipinski definition) is 4. The van der Waals surface area contributed by atoms with Crippen LogP contribution in [-0.4, -0.2) is 49.8 Å². The van der Waals surface area contributed by atoms with Gasteiger partial charge < -0.3 is 10.5 Å². The first-order valence-electron chi connectivity index (χ1n) is 7.86. The van der Waals surface area contributed by atoms with Crippen molar-refractivity contribution in [1.82, 2.24) is 4.31 Å². The zero-order valence-electron chi connectivity index (χ0n) is 12.5. The molecule has 2 fully saturated rings. The van der Waals surface area contributed by atoms with E-state index in [1.54, 1.807) is 4.31 Å². The maximum Gasteiger partial charge on any atom is 0.217 e. The predicted octanol–water partition coefficient (Wildman–Crippen LogP) is 1.48. The van der Waals surface area contributed by atoms with Gasteiger partial charge in [0, 0.05) is 31.8 Å². The first-order valence-corrected chi connectivity index (χ1v) is 9.36. The van der Waals surface area contributed by atoms with Crippen molar-refractivity contribution in [2.24, 2.45) is 5.73 Å². The van der Waals surface area contributed by atoms with Crippen LogP contribution in [0.3, 0.4) is 0 Å². The van der Waals surface area contributed by atoms with Crippen molar-refractivity contribution in [3.8, 4) is 0 Å². The summed E-state index contributed by atoms with van der Waals surface area (Å²) in [5.74, 6) is 0. The number of likely N-dealkylation sites (N-methyl/N-ethyl adjacent to an activating group) is 1. The van der Waals surface area contributed by atoms with Gasteiger partial charge >= 0.3 is 0 Å². The maximum atomic E-state index is 13.0. The summed E-state index contributed by atoms with van der Waals surface area (Å²) in [7, 11) is -3.27. The molecule has 2 N–H and O–H groups in total. The van der Waals surface area contributed by atoms with Gasteiger partial charge in [0.15, 0.2) is 0 Å². The van der Waals surface area contributed by atoms with Gasteiger partial charge in [-0.05, 0) is 25.7 Å². The number of rotatable bonds is 5. The van der Waals surface area contributed by atoms with Crippen LogP contribution < -0.4 is 5.73 Å². The van der Waals surface area contributed by atoms with Gasteiger partial charge in [0.25, 0.3) is 0 Å². The first kappa shape index (κ1) is 16.2. The predicted molar refractivity (Wildman–Crippen MR) is 80.0 cm³/mol. The average Bonchev–Trinajstić information content (AvgIpc) is 2.49. The van der Waals surface area contributed by atoms with E-state index in [1.807, 2.05) is 6.92 Å². The largest absolute Gasteiger partial charge is 0.381 e. The Hall–Kier alpha value is -0.170. The molecular formula is C14H28N2O3S. The fraction of sp³-hybridized carbons (Fsp3) is 1.00. The Morgan fingerprint density at radius 2 is 1.80 bits per heavy atom. The lowest BCUT2D eigenvalue weighted by Crippen LogP contribution is -2.59. The Morgan fingerprint density at radius 3 is 2.30 bits per heavy atom. The molecule has 5 nitrogen and oxygen atoms in total. The summed E-state index contributed by atoms with van der Waals surface area (Å²) >= 11 is 0. The molecule has 1 aliphatic heterocycles. The highest BCUT2D eigenvalue weighted by molar-refractivity contribution is 7.89. The van der Waals surface area contributed by atoms with Gasteiger partial charge in [-0.3, -0.25) is 0 Å². The fourth-order valence-corrected chi connectivity index (χ4v) is 6.01. The minimum absolute atomic E-state index is 0.290. The molecule has 0 spiro atoms. The third-order valence-electron chi connectivity index (χ3n) is 4.88. The molecule has 0 amide bonds. The van der Waals surface area contributed by atoms with Gasteiger partial charge in [-0.15, -0.1) is 0 Å². The molecule has 0 aromatic carbocycles. The summed E-state index contributed by atoms with van der Waals surface area (Å²) < 4.78 is 33.0. The van der Waals surface area contributed by atoms with E-state index >= 15 is 0 Å². The second-order valence-electron chi connectivity index (χ2n) is 6.01. The van der Waals surface area contributed by atoms with Crippen molar-refractivity contribution in [3.05, 3.63) is 0 Å². The van der Waals surface area contributed by atoms with Crippen LogP contribution in [0.2, 0.25) is 0 Å². The van der Waals surface area contributed by atoms with Crippen LogP contribution in [0.15, 0.2) is 0 Å². The minimum Gasteiger partial charge on any atom is -0.381 e. The Labute approximate surface area is 122 Å². The van der Waals surface area contributed by atoms with E-state index in [1.165, 1.54) is 6.42 Å². The van der Waals surface area contributed by atoms with E-state index in [4.69, 9.17) is 10.5 Å². The standard InChI is InChI=1S/C14H28N2O3S/c1-2-16(14(12-15)8-4-3-5-9-14)20(17,18)13-6-10-19-11-7-13/h13H,2-12,15H2,1H3. The van der Waals surface area contributed by atoms with Gasteiger partial charge in [0.2, 0.25) is 10.0 Å². The zero-order valence-corrected chi connectivity index (χ0v) is 13.3. The van der Waals surface area contributed by atoms with E-state index in [0.717, 1.165) is 25.7 Å². The highest BCUT2D eigenvalue weighted by Crippen LogP contribution is 2.36. The molecule has 1 heterocycles. The van der Waals surface area contributed by atoms with Crippen molar-refractivity contribution in [2.45, 2.75) is 62.7 Å². The Bertz CT molecular complexity index is 399. The molecule has 20 heavy (non-hydrogen) atoms.